The number of rotatable bonds is 20. The van der Waals surface area contributed by atoms with Crippen LogP contribution in [0.15, 0.2) is 24.3 Å². The third kappa shape index (κ3) is 11.5. The maximum Gasteiger partial charge on any atom is 0.285 e. The maximum absolute atomic E-state index is 13.7. The SMILES string of the molecule is CCCCCCCCC(CCc1cccc(F)c1)C(OCCC)(OCCC)OCCC. The molecule has 0 aliphatic rings. The Kier molecular flexibility index (Phi) is 15.9. The Morgan fingerprint density at radius 1 is 0.742 bits per heavy atom. The van der Waals surface area contributed by atoms with Crippen LogP contribution in [0.25, 0.3) is 0 Å². The third-order valence-corrected chi connectivity index (χ3v) is 5.60. The summed E-state index contributed by atoms with van der Waals surface area (Å²) < 4.78 is 32.7. The first-order chi connectivity index (χ1) is 15.1. The van der Waals surface area contributed by atoms with Gasteiger partial charge < -0.3 is 14.2 Å². The molecule has 1 atom stereocenters. The van der Waals surface area contributed by atoms with E-state index in [0.29, 0.717) is 19.8 Å². The molecule has 0 saturated heterocycles. The molecule has 0 aliphatic carbocycles. The van der Waals surface area contributed by atoms with E-state index in [0.717, 1.165) is 50.5 Å². The van der Waals surface area contributed by atoms with Crippen molar-refractivity contribution < 1.29 is 18.6 Å². The molecule has 0 bridgehead atoms. The largest absolute Gasteiger partial charge is 0.327 e. The van der Waals surface area contributed by atoms with Crippen LogP contribution in [0.3, 0.4) is 0 Å². The predicted molar refractivity (Wildman–Crippen MR) is 128 cm³/mol. The number of aryl methyl sites for hydroxylation is 1. The summed E-state index contributed by atoms with van der Waals surface area (Å²) in [6, 6.07) is 6.92. The molecule has 0 aromatic heterocycles. The van der Waals surface area contributed by atoms with E-state index in [1.54, 1.807) is 12.1 Å². The molecular weight excluding hydrogens is 391 g/mol. The van der Waals surface area contributed by atoms with Gasteiger partial charge in [-0.15, -0.1) is 0 Å². The van der Waals surface area contributed by atoms with E-state index in [-0.39, 0.29) is 11.7 Å². The van der Waals surface area contributed by atoms with Gasteiger partial charge in [0.1, 0.15) is 5.82 Å². The average Bonchev–Trinajstić information content (AvgIpc) is 2.78. The molecular formula is C27H47FO3. The average molecular weight is 439 g/mol. The molecule has 0 spiro atoms. The molecule has 4 heteroatoms. The first-order valence-corrected chi connectivity index (χ1v) is 12.8. The fourth-order valence-electron chi connectivity index (χ4n) is 3.91. The summed E-state index contributed by atoms with van der Waals surface area (Å²) in [5, 5.41) is 0. The molecule has 1 aromatic rings. The van der Waals surface area contributed by atoms with Crippen LogP contribution < -0.4 is 0 Å². The molecule has 1 rings (SSSR count). The van der Waals surface area contributed by atoms with E-state index in [4.69, 9.17) is 14.2 Å². The van der Waals surface area contributed by atoms with Gasteiger partial charge in [0.15, 0.2) is 0 Å². The van der Waals surface area contributed by atoms with Crippen LogP contribution in [0.1, 0.15) is 104 Å². The van der Waals surface area contributed by atoms with Crippen molar-refractivity contribution in [3.63, 3.8) is 0 Å². The van der Waals surface area contributed by atoms with Gasteiger partial charge in [-0.05, 0) is 56.2 Å². The molecule has 1 unspecified atom stereocenters. The van der Waals surface area contributed by atoms with Crippen molar-refractivity contribution >= 4 is 0 Å². The van der Waals surface area contributed by atoms with E-state index in [9.17, 15) is 4.39 Å². The highest BCUT2D eigenvalue weighted by Gasteiger charge is 2.42. The lowest BCUT2D eigenvalue weighted by atomic mass is 9.91. The Balaban J connectivity index is 2.96. The second kappa shape index (κ2) is 17.6. The summed E-state index contributed by atoms with van der Waals surface area (Å²) in [6.45, 7) is 10.4. The standard InChI is InChI=1S/C27H47FO3/c1-5-9-10-11-12-13-16-25(19-18-24-15-14-17-26(28)23-24)27(29-20-6-2,30-21-7-3)31-22-8-4/h14-15,17,23,25H,5-13,16,18-22H2,1-4H3. The van der Waals surface area contributed by atoms with Crippen molar-refractivity contribution in [2.24, 2.45) is 5.92 Å². The molecule has 0 radical (unpaired) electrons. The summed E-state index contributed by atoms with van der Waals surface area (Å²) in [5.41, 5.74) is 1.02. The summed E-state index contributed by atoms with van der Waals surface area (Å²) in [5.74, 6) is -1.06. The van der Waals surface area contributed by atoms with Gasteiger partial charge in [-0.2, -0.15) is 0 Å². The number of hydrogen-bond donors (Lipinski definition) is 0. The molecule has 0 aliphatic heterocycles. The number of hydrogen-bond acceptors (Lipinski definition) is 3. The lowest BCUT2D eigenvalue weighted by Crippen LogP contribution is -2.47. The van der Waals surface area contributed by atoms with Crippen LogP contribution in [0.5, 0.6) is 0 Å². The van der Waals surface area contributed by atoms with Crippen molar-refractivity contribution in [1.29, 1.82) is 0 Å². The summed E-state index contributed by atoms with van der Waals surface area (Å²) in [6.07, 6.45) is 12.9. The fraction of sp³-hybridized carbons (Fsp3) is 0.778. The van der Waals surface area contributed by atoms with Crippen molar-refractivity contribution in [3.8, 4) is 0 Å². The smallest absolute Gasteiger partial charge is 0.285 e. The van der Waals surface area contributed by atoms with E-state index in [2.05, 4.69) is 27.7 Å². The van der Waals surface area contributed by atoms with Crippen molar-refractivity contribution in [3.05, 3.63) is 35.6 Å². The molecule has 31 heavy (non-hydrogen) atoms. The Morgan fingerprint density at radius 2 is 1.32 bits per heavy atom. The molecule has 1 aromatic carbocycles. The van der Waals surface area contributed by atoms with Gasteiger partial charge in [-0.25, -0.2) is 4.39 Å². The highest BCUT2D eigenvalue weighted by atomic mass is 19.1. The quantitative estimate of drug-likeness (QED) is 0.152. The molecule has 3 nitrogen and oxygen atoms in total. The zero-order chi connectivity index (χ0) is 22.8. The number of halogens is 1. The fourth-order valence-corrected chi connectivity index (χ4v) is 3.91. The Morgan fingerprint density at radius 3 is 1.87 bits per heavy atom. The van der Waals surface area contributed by atoms with Crippen molar-refractivity contribution in [1.82, 2.24) is 0 Å². The van der Waals surface area contributed by atoms with Gasteiger partial charge in [0.05, 0.1) is 19.8 Å². The molecule has 0 N–H and O–H groups in total. The summed E-state index contributed by atoms with van der Waals surface area (Å²) in [4.78, 5) is 0. The van der Waals surface area contributed by atoms with Crippen LogP contribution in [0, 0.1) is 11.7 Å². The lowest BCUT2D eigenvalue weighted by molar-refractivity contribution is -0.406. The van der Waals surface area contributed by atoms with Crippen molar-refractivity contribution in [2.45, 2.75) is 111 Å². The minimum Gasteiger partial charge on any atom is -0.327 e. The van der Waals surface area contributed by atoms with Crippen molar-refractivity contribution in [2.75, 3.05) is 19.8 Å². The van der Waals surface area contributed by atoms with Gasteiger partial charge in [-0.1, -0.05) is 78.4 Å². The molecule has 180 valence electrons. The monoisotopic (exact) mass is 438 g/mol. The topological polar surface area (TPSA) is 27.7 Å². The molecule has 0 heterocycles. The zero-order valence-electron chi connectivity index (χ0n) is 20.6. The van der Waals surface area contributed by atoms with Gasteiger partial charge in [-0.3, -0.25) is 0 Å². The number of ether oxygens (including phenoxy) is 3. The lowest BCUT2D eigenvalue weighted by Gasteiger charge is -2.40. The summed E-state index contributed by atoms with van der Waals surface area (Å²) >= 11 is 0. The Bertz CT molecular complexity index is 527. The highest BCUT2D eigenvalue weighted by molar-refractivity contribution is 5.16. The van der Waals surface area contributed by atoms with Gasteiger partial charge in [0.25, 0.3) is 5.97 Å². The number of benzene rings is 1. The van der Waals surface area contributed by atoms with Gasteiger partial charge in [0, 0.05) is 5.92 Å². The van der Waals surface area contributed by atoms with E-state index in [1.165, 1.54) is 38.2 Å². The van der Waals surface area contributed by atoms with Crippen LogP contribution in [0.2, 0.25) is 0 Å². The molecule has 0 saturated carbocycles. The van der Waals surface area contributed by atoms with Crippen LogP contribution in [-0.4, -0.2) is 25.8 Å². The summed E-state index contributed by atoms with van der Waals surface area (Å²) in [7, 11) is 0. The minimum absolute atomic E-state index is 0.117. The third-order valence-electron chi connectivity index (χ3n) is 5.60. The maximum atomic E-state index is 13.7. The molecule has 0 fully saturated rings. The van der Waals surface area contributed by atoms with Gasteiger partial charge >= 0.3 is 0 Å². The zero-order valence-corrected chi connectivity index (χ0v) is 20.6. The van der Waals surface area contributed by atoms with E-state index >= 15 is 0 Å². The minimum atomic E-state index is -1.00. The predicted octanol–water partition coefficient (Wildman–Crippen LogP) is 8.06. The second-order valence-corrected chi connectivity index (χ2v) is 8.57. The van der Waals surface area contributed by atoms with Crippen LogP contribution >= 0.6 is 0 Å². The molecule has 0 amide bonds. The second-order valence-electron chi connectivity index (χ2n) is 8.57. The normalized spacial score (nSPS) is 12.9. The number of unbranched alkanes of at least 4 members (excludes halogenated alkanes) is 5. The Hall–Kier alpha value is -0.970. The first-order valence-electron chi connectivity index (χ1n) is 12.8. The van der Waals surface area contributed by atoms with E-state index in [1.807, 2.05) is 6.07 Å². The Labute approximate surface area is 191 Å². The van der Waals surface area contributed by atoms with E-state index < -0.39 is 5.97 Å². The highest BCUT2D eigenvalue weighted by Crippen LogP contribution is 2.35. The van der Waals surface area contributed by atoms with Crippen LogP contribution in [-0.2, 0) is 20.6 Å². The van der Waals surface area contributed by atoms with Gasteiger partial charge in [0.2, 0.25) is 0 Å². The first kappa shape index (κ1) is 28.1. The van der Waals surface area contributed by atoms with Crippen LogP contribution in [0.4, 0.5) is 4.39 Å².